The Morgan fingerprint density at radius 1 is 1.35 bits per heavy atom. The molecular weight excluding hydrogens is 294 g/mol. The lowest BCUT2D eigenvalue weighted by Gasteiger charge is -2.04. The van der Waals surface area contributed by atoms with Gasteiger partial charge in [0.1, 0.15) is 5.82 Å². The van der Waals surface area contributed by atoms with Crippen molar-refractivity contribution in [1.82, 2.24) is 9.55 Å². The summed E-state index contributed by atoms with van der Waals surface area (Å²) in [5, 5.41) is 18.8. The predicted octanol–water partition coefficient (Wildman–Crippen LogP) is 3.62. The highest BCUT2D eigenvalue weighted by atomic mass is 16.4. The van der Waals surface area contributed by atoms with Gasteiger partial charge in [-0.25, -0.2) is 4.98 Å². The molecule has 0 unspecified atom stereocenters. The first kappa shape index (κ1) is 18.4. The van der Waals surface area contributed by atoms with Gasteiger partial charge in [-0.1, -0.05) is 23.8 Å². The Morgan fingerprint density at radius 3 is 2.65 bits per heavy atom. The van der Waals surface area contributed by atoms with Gasteiger partial charge in [0, 0.05) is 19.7 Å². The predicted molar refractivity (Wildman–Crippen MR) is 91.0 cm³/mol. The molecule has 1 aromatic carbocycles. The molecule has 6 nitrogen and oxygen atoms in total. The van der Waals surface area contributed by atoms with Crippen LogP contribution in [0, 0.1) is 6.92 Å². The summed E-state index contributed by atoms with van der Waals surface area (Å²) in [6, 6.07) is 8.17. The van der Waals surface area contributed by atoms with E-state index in [1.54, 1.807) is 0 Å². The van der Waals surface area contributed by atoms with Gasteiger partial charge in [-0.2, -0.15) is 0 Å². The minimum atomic E-state index is -0.833. The third kappa shape index (κ3) is 6.34. The number of aliphatic carboxylic acids is 1. The van der Waals surface area contributed by atoms with E-state index >= 15 is 0 Å². The van der Waals surface area contributed by atoms with Gasteiger partial charge in [-0.05, 0) is 38.8 Å². The van der Waals surface area contributed by atoms with Crippen molar-refractivity contribution >= 4 is 23.2 Å². The van der Waals surface area contributed by atoms with Gasteiger partial charge in [0.25, 0.3) is 5.97 Å². The first-order chi connectivity index (χ1) is 11.0. The zero-order chi connectivity index (χ0) is 17.2. The number of carbonyl (C=O) groups is 1. The fourth-order valence-corrected chi connectivity index (χ4v) is 2.13. The Bertz CT molecular complexity index is 698. The van der Waals surface area contributed by atoms with Crippen molar-refractivity contribution in [2.24, 2.45) is 5.16 Å². The van der Waals surface area contributed by atoms with Crippen molar-refractivity contribution in [1.29, 1.82) is 0 Å². The van der Waals surface area contributed by atoms with Crippen molar-refractivity contribution < 1.29 is 15.1 Å². The fraction of sp³-hybridized carbons (Fsp3) is 0.353. The molecule has 0 fully saturated rings. The number of imidazole rings is 1. The quantitative estimate of drug-likeness (QED) is 0.381. The lowest BCUT2D eigenvalue weighted by Crippen LogP contribution is -1.98. The van der Waals surface area contributed by atoms with Gasteiger partial charge in [0.05, 0.1) is 11.0 Å². The van der Waals surface area contributed by atoms with E-state index < -0.39 is 5.97 Å². The van der Waals surface area contributed by atoms with Crippen LogP contribution in [0.15, 0.2) is 41.1 Å². The Labute approximate surface area is 135 Å². The highest BCUT2D eigenvalue weighted by Gasteiger charge is 2.04. The molecule has 0 spiro atoms. The summed E-state index contributed by atoms with van der Waals surface area (Å²) < 4.78 is 2.21. The molecule has 23 heavy (non-hydrogen) atoms. The number of hydrogen-bond donors (Lipinski definition) is 2. The van der Waals surface area contributed by atoms with Crippen LogP contribution < -0.4 is 0 Å². The molecule has 2 N–H and O–H groups in total. The maximum absolute atomic E-state index is 9.00. The molecule has 0 bridgehead atoms. The van der Waals surface area contributed by atoms with E-state index in [9.17, 15) is 0 Å². The first-order valence-corrected chi connectivity index (χ1v) is 7.38. The second-order valence-corrected chi connectivity index (χ2v) is 5.16. The number of hydrogen-bond acceptors (Lipinski definition) is 4. The molecule has 124 valence electrons. The van der Waals surface area contributed by atoms with Crippen molar-refractivity contribution in [2.45, 2.75) is 40.2 Å². The van der Waals surface area contributed by atoms with Crippen LogP contribution in [0.2, 0.25) is 0 Å². The maximum Gasteiger partial charge on any atom is 0.300 e. The zero-order valence-electron chi connectivity index (χ0n) is 13.7. The summed E-state index contributed by atoms with van der Waals surface area (Å²) in [5.41, 5.74) is 3.50. The van der Waals surface area contributed by atoms with Crippen LogP contribution in [0.5, 0.6) is 0 Å². The molecule has 0 saturated heterocycles. The summed E-state index contributed by atoms with van der Waals surface area (Å²) in [4.78, 5) is 13.5. The molecule has 0 aliphatic heterocycles. The number of para-hydroxylation sites is 2. The number of oxime groups is 1. The summed E-state index contributed by atoms with van der Waals surface area (Å²) >= 11 is 0. The molecule has 0 aliphatic rings. The van der Waals surface area contributed by atoms with E-state index in [-0.39, 0.29) is 0 Å². The van der Waals surface area contributed by atoms with Crippen molar-refractivity contribution in [3.63, 3.8) is 0 Å². The molecule has 0 radical (unpaired) electrons. The van der Waals surface area contributed by atoms with Crippen LogP contribution in [0.1, 0.15) is 32.5 Å². The first-order valence-electron chi connectivity index (χ1n) is 7.38. The summed E-state index contributed by atoms with van der Waals surface area (Å²) in [6.07, 6.45) is 5.40. The Kier molecular flexibility index (Phi) is 7.53. The van der Waals surface area contributed by atoms with Gasteiger partial charge in [0.15, 0.2) is 0 Å². The average Bonchev–Trinajstić information content (AvgIpc) is 2.80. The number of rotatable bonds is 5. The van der Waals surface area contributed by atoms with Crippen molar-refractivity contribution in [3.05, 3.63) is 41.7 Å². The third-order valence-corrected chi connectivity index (χ3v) is 3.22. The Balaban J connectivity index is 0.000000593. The lowest BCUT2D eigenvalue weighted by atomic mass is 10.1. The van der Waals surface area contributed by atoms with E-state index in [1.165, 1.54) is 17.3 Å². The highest BCUT2D eigenvalue weighted by molar-refractivity contribution is 5.75. The summed E-state index contributed by atoms with van der Waals surface area (Å²) in [6.45, 7) is 6.04. The van der Waals surface area contributed by atoms with Crippen LogP contribution in [0.4, 0.5) is 0 Å². The normalized spacial score (nSPS) is 11.5. The van der Waals surface area contributed by atoms with Crippen molar-refractivity contribution in [2.75, 3.05) is 0 Å². The number of benzene rings is 1. The molecule has 0 aliphatic carbocycles. The lowest BCUT2D eigenvalue weighted by molar-refractivity contribution is -0.134. The molecule has 2 rings (SSSR count). The van der Waals surface area contributed by atoms with E-state index in [1.807, 2.05) is 25.1 Å². The highest BCUT2D eigenvalue weighted by Crippen LogP contribution is 2.16. The molecule has 0 amide bonds. The van der Waals surface area contributed by atoms with E-state index in [0.29, 0.717) is 0 Å². The maximum atomic E-state index is 9.00. The molecule has 2 aromatic rings. The number of carboxylic acid groups (broad SMARTS) is 1. The van der Waals surface area contributed by atoms with Gasteiger partial charge in [0.2, 0.25) is 0 Å². The minimum Gasteiger partial charge on any atom is -0.481 e. The molecule has 1 aromatic heterocycles. The number of fused-ring (bicyclic) bond motifs is 1. The van der Waals surface area contributed by atoms with E-state index in [4.69, 9.17) is 15.1 Å². The Morgan fingerprint density at radius 2 is 2.00 bits per heavy atom. The average molecular weight is 317 g/mol. The third-order valence-electron chi connectivity index (χ3n) is 3.22. The van der Waals surface area contributed by atoms with Gasteiger partial charge >= 0.3 is 0 Å². The van der Waals surface area contributed by atoms with E-state index in [2.05, 4.69) is 33.8 Å². The molecule has 6 heteroatoms. The van der Waals surface area contributed by atoms with Gasteiger partial charge in [-0.3, -0.25) is 4.79 Å². The summed E-state index contributed by atoms with van der Waals surface area (Å²) in [7, 11) is 0. The van der Waals surface area contributed by atoms with Crippen molar-refractivity contribution in [3.8, 4) is 0 Å². The minimum absolute atomic E-state index is 0.766. The standard InChI is InChI=1S/C15H19N3O.C2H4O2/c1-12(6-5-10-16-19)9-11-18-13(2)17-14-7-3-4-8-15(14)18;1-2(3)4/h3-4,7-10,19H,5-6,11H2,1-2H3;1H3,(H,3,4). The number of aromatic nitrogens is 2. The largest absolute Gasteiger partial charge is 0.481 e. The number of nitrogens with zero attached hydrogens (tertiary/aromatic N) is 3. The number of carboxylic acids is 1. The van der Waals surface area contributed by atoms with Gasteiger partial charge in [-0.15, -0.1) is 5.16 Å². The second kappa shape index (κ2) is 9.40. The molecule has 1 heterocycles. The monoisotopic (exact) mass is 317 g/mol. The smallest absolute Gasteiger partial charge is 0.300 e. The Hall–Kier alpha value is -2.63. The van der Waals surface area contributed by atoms with Gasteiger partial charge < -0.3 is 14.9 Å². The molecule has 0 saturated carbocycles. The van der Waals surface area contributed by atoms with Crippen LogP contribution in [0.3, 0.4) is 0 Å². The second-order valence-electron chi connectivity index (χ2n) is 5.16. The van der Waals surface area contributed by atoms with E-state index in [0.717, 1.165) is 37.7 Å². The topological polar surface area (TPSA) is 87.7 Å². The molecular formula is C17H23N3O3. The number of aryl methyl sites for hydroxylation is 1. The van der Waals surface area contributed by atoms with Crippen LogP contribution in [-0.4, -0.2) is 32.0 Å². The fourth-order valence-electron chi connectivity index (χ4n) is 2.13. The van der Waals surface area contributed by atoms with Crippen LogP contribution in [0.25, 0.3) is 11.0 Å². The van der Waals surface area contributed by atoms with Crippen LogP contribution in [-0.2, 0) is 11.3 Å². The molecule has 0 atom stereocenters. The van der Waals surface area contributed by atoms with Crippen LogP contribution >= 0.6 is 0 Å². The summed E-state index contributed by atoms with van der Waals surface area (Å²) in [5.74, 6) is 0.196. The SMILES string of the molecule is CC(=CCn1c(C)nc2ccccc21)CCC=NO.CC(=O)O. The zero-order valence-corrected chi connectivity index (χ0v) is 13.7. The number of allylic oxidation sites excluding steroid dienone is 2.